The molecule has 3 atom stereocenters. The Hall–Kier alpha value is -5.97. The van der Waals surface area contributed by atoms with Gasteiger partial charge in [-0.25, -0.2) is 9.97 Å². The number of hydrogen-bond donors (Lipinski definition) is 5. The summed E-state index contributed by atoms with van der Waals surface area (Å²) in [6, 6.07) is 18.9. The van der Waals surface area contributed by atoms with Gasteiger partial charge in [-0.15, -0.1) is 11.3 Å². The second-order valence-electron chi connectivity index (χ2n) is 16.8. The van der Waals surface area contributed by atoms with Crippen molar-refractivity contribution < 1.29 is 29.0 Å². The van der Waals surface area contributed by atoms with Gasteiger partial charge in [0.25, 0.3) is 5.91 Å². The molecule has 3 aromatic heterocycles. The van der Waals surface area contributed by atoms with E-state index in [1.807, 2.05) is 75.7 Å². The van der Waals surface area contributed by atoms with Crippen LogP contribution in [0.1, 0.15) is 73.3 Å². The number of methoxy groups -OCH3 is 1. The van der Waals surface area contributed by atoms with Gasteiger partial charge in [0.2, 0.25) is 17.7 Å². The molecule has 7 rings (SSSR count). The van der Waals surface area contributed by atoms with E-state index in [1.165, 1.54) is 4.90 Å². The van der Waals surface area contributed by atoms with E-state index in [9.17, 15) is 24.3 Å². The first-order chi connectivity index (χ1) is 29.3. The number of piperidine rings is 1. The molecule has 4 amide bonds. The Morgan fingerprint density at radius 1 is 1.03 bits per heavy atom. The van der Waals surface area contributed by atoms with E-state index in [0.717, 1.165) is 40.1 Å². The van der Waals surface area contributed by atoms with Crippen LogP contribution in [0, 0.1) is 12.3 Å². The van der Waals surface area contributed by atoms with Gasteiger partial charge in [0, 0.05) is 25.7 Å². The van der Waals surface area contributed by atoms with Gasteiger partial charge in [0.15, 0.2) is 0 Å². The molecular weight excluding hydrogens is 795 g/mol. The van der Waals surface area contributed by atoms with Crippen LogP contribution in [0.2, 0.25) is 0 Å². The first-order valence-corrected chi connectivity index (χ1v) is 21.4. The highest BCUT2D eigenvalue weighted by Gasteiger charge is 2.44. The Bertz CT molecular complexity index is 2330. The molecule has 2 aliphatic rings. The highest BCUT2D eigenvalue weighted by molar-refractivity contribution is 7.13. The number of aromatic amines is 1. The highest BCUT2D eigenvalue weighted by Crippen LogP contribution is 2.35. The molecule has 2 fully saturated rings. The summed E-state index contributed by atoms with van der Waals surface area (Å²) in [5.41, 5.74) is 7.25. The lowest BCUT2D eigenvalue weighted by Crippen LogP contribution is -2.58. The largest absolute Gasteiger partial charge is 0.495 e. The first-order valence-electron chi connectivity index (χ1n) is 20.5. The molecule has 0 unspecified atom stereocenters. The zero-order valence-corrected chi connectivity index (χ0v) is 35.9. The van der Waals surface area contributed by atoms with Crippen molar-refractivity contribution in [1.29, 1.82) is 0 Å². The van der Waals surface area contributed by atoms with Gasteiger partial charge in [-0.2, -0.15) is 5.10 Å². The average Bonchev–Trinajstić information content (AvgIpc) is 4.04. The summed E-state index contributed by atoms with van der Waals surface area (Å²) >= 11 is 1.58. The SMILES string of the molecule is COc1cc(C2CCN(CC(=O)N[C@H](C(=O)N3C[C@H](O)C[C@H]3C(=O)NCc3ccc(-c4scnc4C)cc3)C(C)(C)C)CC2)ccc1NC(=O)c1cccc(-c2ccn[nH]2)n1. The average molecular weight is 848 g/mol. The third-order valence-electron chi connectivity index (χ3n) is 11.4. The molecule has 320 valence electrons. The van der Waals surface area contributed by atoms with Crippen LogP contribution in [0.25, 0.3) is 21.8 Å². The number of aryl methyl sites for hydroxylation is 1. The minimum Gasteiger partial charge on any atom is -0.495 e. The van der Waals surface area contributed by atoms with E-state index in [-0.39, 0.29) is 55.4 Å². The number of ether oxygens (including phenoxy) is 1. The van der Waals surface area contributed by atoms with Crippen molar-refractivity contribution in [3.8, 4) is 27.6 Å². The molecule has 15 nitrogen and oxygen atoms in total. The maximum absolute atomic E-state index is 14.2. The number of pyridine rings is 1. The van der Waals surface area contributed by atoms with Crippen LogP contribution in [-0.2, 0) is 20.9 Å². The van der Waals surface area contributed by atoms with Gasteiger partial charge < -0.3 is 30.7 Å². The molecule has 0 radical (unpaired) electrons. The minimum absolute atomic E-state index is 0.00563. The molecular formula is C45H53N9O6S. The van der Waals surface area contributed by atoms with Crippen LogP contribution >= 0.6 is 11.3 Å². The van der Waals surface area contributed by atoms with Crippen molar-refractivity contribution in [2.75, 3.05) is 38.6 Å². The molecule has 2 aliphatic heterocycles. The van der Waals surface area contributed by atoms with Gasteiger partial charge in [0.05, 0.1) is 52.9 Å². The third-order valence-corrected chi connectivity index (χ3v) is 12.3. The van der Waals surface area contributed by atoms with E-state index in [1.54, 1.807) is 48.9 Å². The molecule has 61 heavy (non-hydrogen) atoms. The summed E-state index contributed by atoms with van der Waals surface area (Å²) in [7, 11) is 1.57. The summed E-state index contributed by atoms with van der Waals surface area (Å²) < 4.78 is 5.68. The second kappa shape index (κ2) is 18.7. The molecule has 2 saturated heterocycles. The van der Waals surface area contributed by atoms with Gasteiger partial charge in [-0.05, 0) is 91.2 Å². The van der Waals surface area contributed by atoms with Crippen LogP contribution in [-0.4, -0.2) is 110 Å². The Kier molecular flexibility index (Phi) is 13.3. The standard InChI is InChI=1S/C45H53N9O6S/c1-27-40(61-26-47-27)30-11-9-28(10-12-30)23-46-43(58)37-22-32(55)24-54(37)44(59)41(45(2,3)4)51-39(56)25-53-19-16-29(17-20-53)31-13-14-35(38(21-31)60-5)50-42(57)36-8-6-7-33(49-36)34-15-18-48-52-34/h6-15,18,21,26,29,32,37,41,55H,16-17,19-20,22-25H2,1-5H3,(H,46,58)(H,48,52)(H,50,57)(H,51,56)/t32-,37+,41-/m1/s1. The van der Waals surface area contributed by atoms with Gasteiger partial charge in [-0.1, -0.05) is 57.2 Å². The quantitative estimate of drug-likeness (QED) is 0.106. The number of nitrogens with zero attached hydrogens (tertiary/aromatic N) is 5. The van der Waals surface area contributed by atoms with Crippen molar-refractivity contribution in [2.24, 2.45) is 5.41 Å². The van der Waals surface area contributed by atoms with Crippen molar-refractivity contribution in [2.45, 2.75) is 77.6 Å². The maximum Gasteiger partial charge on any atom is 0.274 e. The lowest BCUT2D eigenvalue weighted by atomic mass is 9.85. The summed E-state index contributed by atoms with van der Waals surface area (Å²) in [6.07, 6.45) is 2.48. The topological polar surface area (TPSA) is 195 Å². The first kappa shape index (κ1) is 43.1. The molecule has 5 N–H and O–H groups in total. The number of rotatable bonds is 13. The number of likely N-dealkylation sites (tertiary alicyclic amines) is 2. The fourth-order valence-corrected chi connectivity index (χ4v) is 8.79. The highest BCUT2D eigenvalue weighted by atomic mass is 32.1. The molecule has 0 saturated carbocycles. The zero-order valence-electron chi connectivity index (χ0n) is 35.1. The van der Waals surface area contributed by atoms with Gasteiger partial charge in [0.1, 0.15) is 23.5 Å². The summed E-state index contributed by atoms with van der Waals surface area (Å²) in [6.45, 7) is 9.32. The Morgan fingerprint density at radius 3 is 2.48 bits per heavy atom. The number of aliphatic hydroxyl groups is 1. The number of amides is 4. The van der Waals surface area contributed by atoms with Crippen molar-refractivity contribution in [1.82, 2.24) is 40.6 Å². The number of anilines is 1. The maximum atomic E-state index is 14.2. The fourth-order valence-electron chi connectivity index (χ4n) is 7.98. The lowest BCUT2D eigenvalue weighted by Gasteiger charge is -2.36. The van der Waals surface area contributed by atoms with E-state index in [4.69, 9.17) is 4.74 Å². The monoisotopic (exact) mass is 847 g/mol. The van der Waals surface area contributed by atoms with E-state index >= 15 is 0 Å². The van der Waals surface area contributed by atoms with Crippen LogP contribution < -0.4 is 20.7 Å². The fraction of sp³-hybridized carbons (Fsp3) is 0.400. The predicted octanol–water partition coefficient (Wildman–Crippen LogP) is 5.15. The number of carbonyl (C=O) groups excluding carboxylic acids is 4. The number of aromatic nitrogens is 4. The number of β-amino-alcohol motifs (C(OH)–C–C–N with tert-alkyl or cyclic N) is 1. The normalized spacial score (nSPS) is 17.8. The van der Waals surface area contributed by atoms with Crippen LogP contribution in [0.3, 0.4) is 0 Å². The van der Waals surface area contributed by atoms with Crippen LogP contribution in [0.15, 0.2) is 78.4 Å². The smallest absolute Gasteiger partial charge is 0.274 e. The second-order valence-corrected chi connectivity index (χ2v) is 17.6. The van der Waals surface area contributed by atoms with Gasteiger partial charge in [-0.3, -0.25) is 29.2 Å². The number of benzene rings is 2. The van der Waals surface area contributed by atoms with Crippen molar-refractivity contribution >= 4 is 40.7 Å². The summed E-state index contributed by atoms with van der Waals surface area (Å²) in [5, 5.41) is 26.3. The van der Waals surface area contributed by atoms with Gasteiger partial charge >= 0.3 is 0 Å². The number of H-pyrrole nitrogens is 1. The number of carbonyl (C=O) groups is 4. The minimum atomic E-state index is -0.914. The number of nitrogens with one attached hydrogen (secondary N) is 4. The van der Waals surface area contributed by atoms with Crippen molar-refractivity contribution in [3.63, 3.8) is 0 Å². The van der Waals surface area contributed by atoms with E-state index in [2.05, 4.69) is 41.0 Å². The van der Waals surface area contributed by atoms with Crippen LogP contribution in [0.5, 0.6) is 5.75 Å². The Labute approximate surface area is 359 Å². The van der Waals surface area contributed by atoms with Crippen molar-refractivity contribution in [3.05, 3.63) is 101 Å². The lowest BCUT2D eigenvalue weighted by molar-refractivity contribution is -0.144. The van der Waals surface area contributed by atoms with Crippen LogP contribution in [0.4, 0.5) is 5.69 Å². The zero-order chi connectivity index (χ0) is 43.3. The molecule has 0 aliphatic carbocycles. The molecule has 0 spiro atoms. The Morgan fingerprint density at radius 2 is 1.80 bits per heavy atom. The number of aliphatic hydroxyl groups excluding tert-OH is 1. The molecule has 16 heteroatoms. The van der Waals surface area contributed by atoms with E-state index in [0.29, 0.717) is 35.9 Å². The number of hydrogen-bond acceptors (Lipinski definition) is 11. The summed E-state index contributed by atoms with van der Waals surface area (Å²) in [4.78, 5) is 67.8. The number of thiazole rings is 1. The molecule has 0 bridgehead atoms. The summed E-state index contributed by atoms with van der Waals surface area (Å²) in [5.74, 6) is -0.645. The molecule has 5 heterocycles. The molecule has 5 aromatic rings. The predicted molar refractivity (Wildman–Crippen MR) is 233 cm³/mol. The third kappa shape index (κ3) is 10.3. The molecule has 2 aromatic carbocycles. The Balaban J connectivity index is 0.912. The van der Waals surface area contributed by atoms with E-state index < -0.39 is 29.5 Å².